The molecule has 1 fully saturated rings. The van der Waals surface area contributed by atoms with Crippen LogP contribution in [0.2, 0.25) is 0 Å². The number of carbonyl (C=O) groups excluding carboxylic acids is 1. The van der Waals surface area contributed by atoms with E-state index in [1.807, 2.05) is 53.2 Å². The topological polar surface area (TPSA) is 70.9 Å². The number of hydrogen-bond acceptors (Lipinski definition) is 4. The fraction of sp³-hybridized carbons (Fsp3) is 0.364. The number of para-hydroxylation sites is 1. The molecule has 2 aromatic heterocycles. The van der Waals surface area contributed by atoms with Crippen LogP contribution in [-0.2, 0) is 17.8 Å². The van der Waals surface area contributed by atoms with Crippen LogP contribution in [0.25, 0.3) is 5.65 Å². The van der Waals surface area contributed by atoms with Crippen molar-refractivity contribution in [1.82, 2.24) is 19.6 Å². The van der Waals surface area contributed by atoms with Crippen LogP contribution in [0.4, 0.5) is 10.5 Å². The summed E-state index contributed by atoms with van der Waals surface area (Å²) >= 11 is 0. The highest BCUT2D eigenvalue weighted by molar-refractivity contribution is 5.90. The van der Waals surface area contributed by atoms with E-state index < -0.39 is 0 Å². The molecule has 2 atom stereocenters. The number of anilines is 1. The molecule has 0 bridgehead atoms. The molecule has 3 aromatic rings. The molecule has 1 aliphatic heterocycles. The van der Waals surface area contributed by atoms with Crippen molar-refractivity contribution < 1.29 is 9.53 Å². The summed E-state index contributed by atoms with van der Waals surface area (Å²) in [6.45, 7) is 7.12. The summed E-state index contributed by atoms with van der Waals surface area (Å²) in [5, 5.41) is 5.88. The molecular formula is C22H27N5O2. The molecule has 0 spiro atoms. The highest BCUT2D eigenvalue weighted by Gasteiger charge is 2.22. The Morgan fingerprint density at radius 3 is 2.69 bits per heavy atom. The first-order chi connectivity index (χ1) is 14.1. The quantitative estimate of drug-likeness (QED) is 0.698. The van der Waals surface area contributed by atoms with Gasteiger partial charge in [-0.1, -0.05) is 24.3 Å². The Labute approximate surface area is 170 Å². The van der Waals surface area contributed by atoms with Crippen LogP contribution in [0.15, 0.2) is 54.9 Å². The van der Waals surface area contributed by atoms with Gasteiger partial charge in [0.25, 0.3) is 0 Å². The van der Waals surface area contributed by atoms with Crippen LogP contribution in [0.3, 0.4) is 0 Å². The third-order valence-electron chi connectivity index (χ3n) is 5.00. The number of morpholine rings is 1. The van der Waals surface area contributed by atoms with Gasteiger partial charge < -0.3 is 19.8 Å². The average Bonchev–Trinajstić information content (AvgIpc) is 3.10. The number of amides is 2. The molecule has 2 N–H and O–H groups in total. The van der Waals surface area contributed by atoms with Crippen LogP contribution >= 0.6 is 0 Å². The fourth-order valence-corrected chi connectivity index (χ4v) is 3.84. The summed E-state index contributed by atoms with van der Waals surface area (Å²) in [5.74, 6) is 0. The highest BCUT2D eigenvalue weighted by Crippen LogP contribution is 2.20. The van der Waals surface area contributed by atoms with Gasteiger partial charge in [0.05, 0.1) is 24.4 Å². The number of rotatable bonds is 5. The normalized spacial score (nSPS) is 19.9. The zero-order chi connectivity index (χ0) is 20.2. The molecule has 1 aromatic carbocycles. The van der Waals surface area contributed by atoms with Gasteiger partial charge in [0.1, 0.15) is 5.65 Å². The number of aromatic nitrogens is 2. The number of pyridine rings is 1. The molecule has 0 saturated carbocycles. The van der Waals surface area contributed by atoms with E-state index in [1.165, 1.54) is 0 Å². The number of ether oxygens (including phenoxy) is 1. The minimum Gasteiger partial charge on any atom is -0.373 e. The molecule has 29 heavy (non-hydrogen) atoms. The first-order valence-corrected chi connectivity index (χ1v) is 10.00. The molecule has 1 aliphatic rings. The molecular weight excluding hydrogens is 366 g/mol. The monoisotopic (exact) mass is 393 g/mol. The lowest BCUT2D eigenvalue weighted by Crippen LogP contribution is -2.44. The number of carbonyl (C=O) groups is 1. The maximum Gasteiger partial charge on any atom is 0.319 e. The zero-order valence-electron chi connectivity index (χ0n) is 16.8. The van der Waals surface area contributed by atoms with E-state index >= 15 is 0 Å². The largest absolute Gasteiger partial charge is 0.373 e. The molecule has 0 radical (unpaired) electrons. The van der Waals surface area contributed by atoms with Gasteiger partial charge in [-0.05, 0) is 37.6 Å². The lowest BCUT2D eigenvalue weighted by Gasteiger charge is -2.35. The Bertz CT molecular complexity index is 943. The lowest BCUT2D eigenvalue weighted by atomic mass is 10.1. The van der Waals surface area contributed by atoms with E-state index in [-0.39, 0.29) is 18.2 Å². The van der Waals surface area contributed by atoms with Gasteiger partial charge >= 0.3 is 6.03 Å². The van der Waals surface area contributed by atoms with E-state index in [1.54, 1.807) is 0 Å². The fourth-order valence-electron chi connectivity index (χ4n) is 3.84. The lowest BCUT2D eigenvalue weighted by molar-refractivity contribution is -0.0704. The number of imidazole rings is 1. The maximum absolute atomic E-state index is 12.5. The smallest absolute Gasteiger partial charge is 0.319 e. The Balaban J connectivity index is 1.36. The molecule has 7 heteroatoms. The number of hydrogen-bond donors (Lipinski definition) is 2. The molecule has 4 rings (SSSR count). The summed E-state index contributed by atoms with van der Waals surface area (Å²) < 4.78 is 7.75. The molecule has 2 amide bonds. The first-order valence-electron chi connectivity index (χ1n) is 10.00. The predicted octanol–water partition coefficient (Wildman–Crippen LogP) is 3.27. The minimum absolute atomic E-state index is 0.215. The van der Waals surface area contributed by atoms with Crippen molar-refractivity contribution in [3.63, 3.8) is 0 Å². The number of urea groups is 1. The first kappa shape index (κ1) is 19.4. The Hall–Kier alpha value is -2.90. The van der Waals surface area contributed by atoms with E-state index in [4.69, 9.17) is 4.74 Å². The average molecular weight is 393 g/mol. The van der Waals surface area contributed by atoms with Crippen LogP contribution in [0.1, 0.15) is 25.1 Å². The summed E-state index contributed by atoms with van der Waals surface area (Å²) in [4.78, 5) is 19.3. The molecule has 2 unspecified atom stereocenters. The van der Waals surface area contributed by atoms with Crippen LogP contribution < -0.4 is 10.6 Å². The number of fused-ring (bicyclic) bond motifs is 1. The van der Waals surface area contributed by atoms with Gasteiger partial charge in [0.2, 0.25) is 0 Å². The van der Waals surface area contributed by atoms with Crippen LogP contribution in [-0.4, -0.2) is 45.6 Å². The second-order valence-corrected chi connectivity index (χ2v) is 7.61. The standard InChI is InChI=1S/C22H27N5O2/c1-16-12-26(13-17(2)29-16)14-18-7-3-4-8-20(18)25-22(28)23-11-19-15-27-10-6-5-9-21(27)24-19/h3-10,15-17H,11-14H2,1-2H3,(H2,23,25,28). The van der Waals surface area contributed by atoms with Gasteiger partial charge in [0.15, 0.2) is 0 Å². The molecule has 0 aliphatic carbocycles. The van der Waals surface area contributed by atoms with Crippen molar-refractivity contribution in [1.29, 1.82) is 0 Å². The van der Waals surface area contributed by atoms with Gasteiger partial charge in [-0.25, -0.2) is 9.78 Å². The van der Waals surface area contributed by atoms with Crippen LogP contribution in [0.5, 0.6) is 0 Å². The summed E-state index contributed by atoms with van der Waals surface area (Å²) in [6.07, 6.45) is 4.29. The van der Waals surface area contributed by atoms with E-state index in [9.17, 15) is 4.79 Å². The number of benzene rings is 1. The van der Waals surface area contributed by atoms with Crippen LogP contribution in [0, 0.1) is 0 Å². The van der Waals surface area contributed by atoms with Gasteiger partial charge in [-0.2, -0.15) is 0 Å². The molecule has 1 saturated heterocycles. The summed E-state index contributed by atoms with van der Waals surface area (Å²) in [5.41, 5.74) is 3.60. The Morgan fingerprint density at radius 2 is 1.90 bits per heavy atom. The third kappa shape index (κ3) is 4.93. The van der Waals surface area contributed by atoms with Gasteiger partial charge in [-0.3, -0.25) is 4.90 Å². The SMILES string of the molecule is CC1CN(Cc2ccccc2NC(=O)NCc2cn3ccccc3n2)CC(C)O1. The molecule has 3 heterocycles. The van der Waals surface area contributed by atoms with Crippen molar-refractivity contribution in [2.75, 3.05) is 18.4 Å². The molecule has 152 valence electrons. The highest BCUT2D eigenvalue weighted by atomic mass is 16.5. The summed E-state index contributed by atoms with van der Waals surface area (Å²) in [6, 6.07) is 13.5. The Kier molecular flexibility index (Phi) is 5.78. The molecule has 7 nitrogen and oxygen atoms in total. The van der Waals surface area contributed by atoms with Crippen molar-refractivity contribution in [2.45, 2.75) is 39.1 Å². The van der Waals surface area contributed by atoms with Crippen molar-refractivity contribution >= 4 is 17.4 Å². The number of nitrogens with one attached hydrogen (secondary N) is 2. The van der Waals surface area contributed by atoms with E-state index in [0.29, 0.717) is 6.54 Å². The summed E-state index contributed by atoms with van der Waals surface area (Å²) in [7, 11) is 0. The third-order valence-corrected chi connectivity index (χ3v) is 5.00. The van der Waals surface area contributed by atoms with Gasteiger partial charge in [-0.15, -0.1) is 0 Å². The predicted molar refractivity (Wildman–Crippen MR) is 113 cm³/mol. The minimum atomic E-state index is -0.238. The zero-order valence-corrected chi connectivity index (χ0v) is 16.8. The van der Waals surface area contributed by atoms with E-state index in [0.717, 1.165) is 42.2 Å². The van der Waals surface area contributed by atoms with Gasteiger partial charge in [0, 0.05) is 37.7 Å². The number of nitrogens with zero attached hydrogens (tertiary/aromatic N) is 3. The Morgan fingerprint density at radius 1 is 1.14 bits per heavy atom. The van der Waals surface area contributed by atoms with Crippen molar-refractivity contribution in [3.05, 3.63) is 66.1 Å². The van der Waals surface area contributed by atoms with E-state index in [2.05, 4.69) is 40.4 Å². The second-order valence-electron chi connectivity index (χ2n) is 7.61. The second kappa shape index (κ2) is 8.63. The van der Waals surface area contributed by atoms with Crippen molar-refractivity contribution in [3.8, 4) is 0 Å². The van der Waals surface area contributed by atoms with Crippen molar-refractivity contribution in [2.24, 2.45) is 0 Å². The maximum atomic E-state index is 12.5.